The molecule has 1 aromatic heterocycles. The summed E-state index contributed by atoms with van der Waals surface area (Å²) >= 11 is 0. The normalized spacial score (nSPS) is 17.1. The van der Waals surface area contributed by atoms with Crippen molar-refractivity contribution in [2.24, 2.45) is 5.92 Å². The topological polar surface area (TPSA) is 48.6 Å². The molecule has 1 amide bonds. The van der Waals surface area contributed by atoms with Gasteiger partial charge < -0.3 is 14.6 Å². The number of hydrogen-bond donors (Lipinski definition) is 1. The Labute approximate surface area is 185 Å². The SMILES string of the molecule is CCN(CC1CCCN(Cc2ccc(C)cc2)C1)C(=O)c1cc2ccc(OC)cc2[nH]1. The lowest BCUT2D eigenvalue weighted by Gasteiger charge is -2.35. The number of hydrogen-bond acceptors (Lipinski definition) is 3. The summed E-state index contributed by atoms with van der Waals surface area (Å²) in [4.78, 5) is 21.0. The molecule has 0 radical (unpaired) electrons. The predicted octanol–water partition coefficient (Wildman–Crippen LogP) is 4.86. The van der Waals surface area contributed by atoms with E-state index in [0.29, 0.717) is 18.2 Å². The van der Waals surface area contributed by atoms with Crippen molar-refractivity contribution < 1.29 is 9.53 Å². The molecule has 0 saturated carbocycles. The minimum absolute atomic E-state index is 0.0772. The van der Waals surface area contributed by atoms with Gasteiger partial charge in [0.1, 0.15) is 11.4 Å². The average molecular weight is 420 g/mol. The summed E-state index contributed by atoms with van der Waals surface area (Å²) in [5, 5.41) is 1.03. The van der Waals surface area contributed by atoms with Crippen LogP contribution in [0.15, 0.2) is 48.5 Å². The first-order valence-corrected chi connectivity index (χ1v) is 11.3. The molecular formula is C26H33N3O2. The minimum atomic E-state index is 0.0772. The third-order valence-corrected chi connectivity index (χ3v) is 6.34. The number of aryl methyl sites for hydroxylation is 1. The van der Waals surface area contributed by atoms with Gasteiger partial charge in [-0.15, -0.1) is 0 Å². The van der Waals surface area contributed by atoms with Gasteiger partial charge in [-0.25, -0.2) is 0 Å². The molecule has 1 aliphatic rings. The maximum absolute atomic E-state index is 13.2. The van der Waals surface area contributed by atoms with E-state index in [0.717, 1.165) is 42.8 Å². The van der Waals surface area contributed by atoms with Crippen LogP contribution >= 0.6 is 0 Å². The van der Waals surface area contributed by atoms with Crippen LogP contribution in [0.1, 0.15) is 41.4 Å². The zero-order valence-corrected chi connectivity index (χ0v) is 18.9. The molecule has 1 fully saturated rings. The fourth-order valence-electron chi connectivity index (χ4n) is 4.58. The summed E-state index contributed by atoms with van der Waals surface area (Å²) < 4.78 is 5.30. The van der Waals surface area contributed by atoms with Gasteiger partial charge in [-0.2, -0.15) is 0 Å². The van der Waals surface area contributed by atoms with Crippen LogP contribution in [-0.4, -0.2) is 54.0 Å². The molecule has 1 atom stereocenters. The Kier molecular flexibility index (Phi) is 6.62. The lowest BCUT2D eigenvalue weighted by atomic mass is 9.96. The zero-order chi connectivity index (χ0) is 21.8. The first kappa shape index (κ1) is 21.4. The third-order valence-electron chi connectivity index (χ3n) is 6.34. The summed E-state index contributed by atoms with van der Waals surface area (Å²) in [5.74, 6) is 1.37. The van der Waals surface area contributed by atoms with E-state index in [4.69, 9.17) is 4.74 Å². The predicted molar refractivity (Wildman–Crippen MR) is 126 cm³/mol. The van der Waals surface area contributed by atoms with E-state index in [1.54, 1.807) is 7.11 Å². The second kappa shape index (κ2) is 9.56. The number of carbonyl (C=O) groups is 1. The van der Waals surface area contributed by atoms with Crippen LogP contribution in [0, 0.1) is 12.8 Å². The van der Waals surface area contributed by atoms with Crippen LogP contribution in [0.3, 0.4) is 0 Å². The molecule has 164 valence electrons. The summed E-state index contributed by atoms with van der Waals surface area (Å²) in [6, 6.07) is 16.6. The van der Waals surface area contributed by atoms with Crippen LogP contribution in [0.2, 0.25) is 0 Å². The molecule has 5 nitrogen and oxygen atoms in total. The quantitative estimate of drug-likeness (QED) is 0.595. The average Bonchev–Trinajstić information content (AvgIpc) is 3.22. The number of nitrogens with one attached hydrogen (secondary N) is 1. The fraction of sp³-hybridized carbons (Fsp3) is 0.423. The van der Waals surface area contributed by atoms with Gasteiger partial charge in [0.05, 0.1) is 7.11 Å². The molecule has 31 heavy (non-hydrogen) atoms. The van der Waals surface area contributed by atoms with Crippen LogP contribution in [0.5, 0.6) is 5.75 Å². The van der Waals surface area contributed by atoms with Crippen LogP contribution in [0.25, 0.3) is 10.9 Å². The Hall–Kier alpha value is -2.79. The van der Waals surface area contributed by atoms with Gasteiger partial charge in [-0.1, -0.05) is 29.8 Å². The van der Waals surface area contributed by atoms with Crippen molar-refractivity contribution in [3.8, 4) is 5.75 Å². The summed E-state index contributed by atoms with van der Waals surface area (Å²) in [6.07, 6.45) is 2.37. The molecule has 2 heterocycles. The monoisotopic (exact) mass is 419 g/mol. The van der Waals surface area contributed by atoms with E-state index in [2.05, 4.69) is 48.0 Å². The van der Waals surface area contributed by atoms with Gasteiger partial charge in [0, 0.05) is 43.1 Å². The molecule has 3 aromatic rings. The number of benzene rings is 2. The van der Waals surface area contributed by atoms with Gasteiger partial charge in [0.2, 0.25) is 0 Å². The van der Waals surface area contributed by atoms with Gasteiger partial charge in [-0.3, -0.25) is 9.69 Å². The molecule has 1 aliphatic heterocycles. The van der Waals surface area contributed by atoms with Gasteiger partial charge in [-0.05, 0) is 62.9 Å². The van der Waals surface area contributed by atoms with E-state index in [-0.39, 0.29) is 5.91 Å². The van der Waals surface area contributed by atoms with E-state index in [9.17, 15) is 4.79 Å². The highest BCUT2D eigenvalue weighted by atomic mass is 16.5. The Balaban J connectivity index is 1.40. The van der Waals surface area contributed by atoms with Crippen LogP contribution < -0.4 is 4.74 Å². The largest absolute Gasteiger partial charge is 0.497 e. The molecule has 1 saturated heterocycles. The maximum Gasteiger partial charge on any atom is 0.270 e. The molecule has 1 N–H and O–H groups in total. The van der Waals surface area contributed by atoms with Crippen molar-refractivity contribution >= 4 is 16.8 Å². The number of fused-ring (bicyclic) bond motifs is 1. The molecule has 2 aromatic carbocycles. The van der Waals surface area contributed by atoms with Crippen LogP contribution in [0.4, 0.5) is 0 Å². The van der Waals surface area contributed by atoms with Gasteiger partial charge >= 0.3 is 0 Å². The van der Waals surface area contributed by atoms with Crippen LogP contribution in [-0.2, 0) is 6.54 Å². The number of nitrogens with zero attached hydrogens (tertiary/aromatic N) is 2. The second-order valence-corrected chi connectivity index (χ2v) is 8.71. The second-order valence-electron chi connectivity index (χ2n) is 8.71. The summed E-state index contributed by atoms with van der Waals surface area (Å²) in [5.41, 5.74) is 4.24. The maximum atomic E-state index is 13.2. The highest BCUT2D eigenvalue weighted by Crippen LogP contribution is 2.24. The third kappa shape index (κ3) is 5.10. The highest BCUT2D eigenvalue weighted by molar-refractivity contribution is 5.98. The number of ether oxygens (including phenoxy) is 1. The smallest absolute Gasteiger partial charge is 0.270 e. The molecular weight excluding hydrogens is 386 g/mol. The number of aromatic nitrogens is 1. The highest BCUT2D eigenvalue weighted by Gasteiger charge is 2.25. The fourth-order valence-corrected chi connectivity index (χ4v) is 4.58. The number of rotatable bonds is 7. The molecule has 0 aliphatic carbocycles. The Morgan fingerprint density at radius 1 is 1.19 bits per heavy atom. The van der Waals surface area contributed by atoms with Crippen molar-refractivity contribution in [3.05, 3.63) is 65.4 Å². The van der Waals surface area contributed by atoms with E-state index in [1.807, 2.05) is 29.2 Å². The lowest BCUT2D eigenvalue weighted by Crippen LogP contribution is -2.42. The number of H-pyrrole nitrogens is 1. The number of carbonyl (C=O) groups excluding carboxylic acids is 1. The minimum Gasteiger partial charge on any atom is -0.497 e. The van der Waals surface area contributed by atoms with Crippen molar-refractivity contribution in [1.82, 2.24) is 14.8 Å². The van der Waals surface area contributed by atoms with Crippen molar-refractivity contribution in [2.45, 2.75) is 33.2 Å². The molecule has 0 spiro atoms. The number of piperidine rings is 1. The standard InChI is InChI=1S/C26H33N3O2/c1-4-29(26(30)25-14-22-11-12-23(31-3)15-24(22)27-25)18-21-6-5-13-28(17-21)16-20-9-7-19(2)8-10-20/h7-12,14-15,21,27H,4-6,13,16-18H2,1-3H3. The number of aromatic amines is 1. The first-order valence-electron chi connectivity index (χ1n) is 11.3. The molecule has 4 rings (SSSR count). The van der Waals surface area contributed by atoms with E-state index < -0.39 is 0 Å². The Bertz CT molecular complexity index is 1020. The molecule has 1 unspecified atom stereocenters. The number of likely N-dealkylation sites (tertiary alicyclic amines) is 1. The van der Waals surface area contributed by atoms with E-state index >= 15 is 0 Å². The molecule has 5 heteroatoms. The van der Waals surface area contributed by atoms with Crippen molar-refractivity contribution in [2.75, 3.05) is 33.3 Å². The van der Waals surface area contributed by atoms with Crippen molar-refractivity contribution in [1.29, 1.82) is 0 Å². The number of methoxy groups -OCH3 is 1. The molecule has 0 bridgehead atoms. The first-order chi connectivity index (χ1) is 15.1. The lowest BCUT2D eigenvalue weighted by molar-refractivity contribution is 0.0680. The summed E-state index contributed by atoms with van der Waals surface area (Å²) in [6.45, 7) is 8.87. The van der Waals surface area contributed by atoms with Crippen molar-refractivity contribution in [3.63, 3.8) is 0 Å². The Morgan fingerprint density at radius 2 is 2.00 bits per heavy atom. The Morgan fingerprint density at radius 3 is 2.74 bits per heavy atom. The summed E-state index contributed by atoms with van der Waals surface area (Å²) in [7, 11) is 1.65. The number of amides is 1. The van der Waals surface area contributed by atoms with E-state index in [1.165, 1.54) is 24.0 Å². The van der Waals surface area contributed by atoms with Gasteiger partial charge in [0.25, 0.3) is 5.91 Å². The zero-order valence-electron chi connectivity index (χ0n) is 18.9. The van der Waals surface area contributed by atoms with Gasteiger partial charge in [0.15, 0.2) is 0 Å².